The van der Waals surface area contributed by atoms with Crippen LogP contribution in [0.2, 0.25) is 0 Å². The molecular weight excluding hydrogens is 210 g/mol. The van der Waals surface area contributed by atoms with Crippen LogP contribution >= 0.6 is 0 Å². The highest BCUT2D eigenvalue weighted by atomic mass is 16.3. The van der Waals surface area contributed by atoms with Gasteiger partial charge in [-0.3, -0.25) is 0 Å². The minimum Gasteiger partial charge on any atom is -0.508 e. The minimum atomic E-state index is 0.171. The van der Waals surface area contributed by atoms with E-state index < -0.39 is 0 Å². The average molecular weight is 231 g/mol. The van der Waals surface area contributed by atoms with Gasteiger partial charge in [-0.15, -0.1) is 0 Å². The Balaban J connectivity index is 2.08. The maximum absolute atomic E-state index is 9.70. The van der Waals surface area contributed by atoms with Gasteiger partial charge in [-0.2, -0.15) is 0 Å². The van der Waals surface area contributed by atoms with Crippen molar-refractivity contribution in [2.24, 2.45) is 5.92 Å². The molecule has 1 aromatic rings. The van der Waals surface area contributed by atoms with Crippen LogP contribution in [0.1, 0.15) is 37.8 Å². The van der Waals surface area contributed by atoms with E-state index in [1.807, 2.05) is 12.1 Å². The third-order valence-corrected chi connectivity index (χ3v) is 4.74. The van der Waals surface area contributed by atoms with Gasteiger partial charge in [0.25, 0.3) is 0 Å². The summed E-state index contributed by atoms with van der Waals surface area (Å²) in [5.41, 5.74) is 2.93. The van der Waals surface area contributed by atoms with Crippen LogP contribution in [-0.2, 0) is 11.8 Å². The molecule has 2 N–H and O–H groups in total. The molecule has 1 aliphatic carbocycles. The molecular formula is C15H21NO. The first-order chi connectivity index (χ1) is 8.09. The standard InChI is InChI=1S/C15H21NO/c1-15(2)12-4-3-7-16-14(12)8-10-5-6-11(17)9-13(10)15/h5-6,9,12,14,16-17H,3-4,7-8H2,1-2H3/t12-,14-/m1/s1. The second-order valence-corrected chi connectivity index (χ2v) is 6.08. The Hall–Kier alpha value is -1.02. The molecule has 1 heterocycles. The van der Waals surface area contributed by atoms with Crippen molar-refractivity contribution in [3.63, 3.8) is 0 Å². The van der Waals surface area contributed by atoms with Gasteiger partial charge in [-0.25, -0.2) is 0 Å². The van der Waals surface area contributed by atoms with E-state index in [1.54, 1.807) is 0 Å². The van der Waals surface area contributed by atoms with Crippen LogP contribution in [0, 0.1) is 5.92 Å². The van der Waals surface area contributed by atoms with Gasteiger partial charge in [0.05, 0.1) is 0 Å². The van der Waals surface area contributed by atoms with E-state index in [0.717, 1.165) is 13.0 Å². The van der Waals surface area contributed by atoms with Crippen molar-refractivity contribution in [2.75, 3.05) is 6.54 Å². The van der Waals surface area contributed by atoms with Crippen LogP contribution in [0.3, 0.4) is 0 Å². The Kier molecular flexibility index (Phi) is 2.44. The summed E-state index contributed by atoms with van der Waals surface area (Å²) in [4.78, 5) is 0. The number of nitrogens with one attached hydrogen (secondary N) is 1. The molecule has 17 heavy (non-hydrogen) atoms. The summed E-state index contributed by atoms with van der Waals surface area (Å²) < 4.78 is 0. The topological polar surface area (TPSA) is 32.3 Å². The monoisotopic (exact) mass is 231 g/mol. The lowest BCUT2D eigenvalue weighted by molar-refractivity contribution is 0.168. The molecule has 2 aliphatic rings. The van der Waals surface area contributed by atoms with Crippen molar-refractivity contribution in [3.05, 3.63) is 29.3 Å². The zero-order valence-electron chi connectivity index (χ0n) is 10.7. The fourth-order valence-electron chi connectivity index (χ4n) is 3.81. The van der Waals surface area contributed by atoms with Crippen molar-refractivity contribution in [1.29, 1.82) is 0 Å². The third kappa shape index (κ3) is 1.66. The fourth-order valence-corrected chi connectivity index (χ4v) is 3.81. The molecule has 0 amide bonds. The summed E-state index contributed by atoms with van der Waals surface area (Å²) in [6, 6.07) is 6.51. The number of piperidine rings is 1. The highest BCUT2D eigenvalue weighted by Gasteiger charge is 2.43. The van der Waals surface area contributed by atoms with Gasteiger partial charge < -0.3 is 10.4 Å². The first-order valence-corrected chi connectivity index (χ1v) is 6.65. The third-order valence-electron chi connectivity index (χ3n) is 4.74. The molecule has 0 aromatic heterocycles. The van der Waals surface area contributed by atoms with Crippen LogP contribution in [0.15, 0.2) is 18.2 Å². The molecule has 3 rings (SSSR count). The van der Waals surface area contributed by atoms with E-state index in [1.165, 1.54) is 24.0 Å². The van der Waals surface area contributed by atoms with E-state index in [4.69, 9.17) is 0 Å². The summed E-state index contributed by atoms with van der Waals surface area (Å²) >= 11 is 0. The van der Waals surface area contributed by atoms with Crippen molar-refractivity contribution < 1.29 is 5.11 Å². The minimum absolute atomic E-state index is 0.171. The molecule has 0 unspecified atom stereocenters. The number of phenolic OH excluding ortho intramolecular Hbond substituents is 1. The van der Waals surface area contributed by atoms with Gasteiger partial charge in [-0.05, 0) is 60.4 Å². The van der Waals surface area contributed by atoms with Crippen molar-refractivity contribution in [2.45, 2.75) is 44.6 Å². The molecule has 2 heteroatoms. The van der Waals surface area contributed by atoms with Crippen molar-refractivity contribution >= 4 is 0 Å². The molecule has 0 radical (unpaired) electrons. The number of fused-ring (bicyclic) bond motifs is 2. The van der Waals surface area contributed by atoms with Gasteiger partial charge in [-0.1, -0.05) is 19.9 Å². The maximum Gasteiger partial charge on any atom is 0.115 e. The normalized spacial score (nSPS) is 30.5. The fraction of sp³-hybridized carbons (Fsp3) is 0.600. The lowest BCUT2D eigenvalue weighted by Gasteiger charge is -2.48. The average Bonchev–Trinajstić information content (AvgIpc) is 2.31. The SMILES string of the molecule is CC1(C)c2cc(O)ccc2C[C@H]2NCCC[C@H]21. The molecule has 92 valence electrons. The quantitative estimate of drug-likeness (QED) is 0.719. The van der Waals surface area contributed by atoms with Gasteiger partial charge in [0.15, 0.2) is 0 Å². The zero-order chi connectivity index (χ0) is 12.0. The molecule has 2 nitrogen and oxygen atoms in total. The van der Waals surface area contributed by atoms with Gasteiger partial charge in [0.1, 0.15) is 5.75 Å². The predicted octanol–water partition coefficient (Wildman–Crippen LogP) is 2.59. The predicted molar refractivity (Wildman–Crippen MR) is 69.4 cm³/mol. The Morgan fingerprint density at radius 3 is 3.00 bits per heavy atom. The zero-order valence-corrected chi connectivity index (χ0v) is 10.7. The maximum atomic E-state index is 9.70. The number of hydrogen-bond donors (Lipinski definition) is 2. The molecule has 1 aliphatic heterocycles. The van der Waals surface area contributed by atoms with E-state index in [0.29, 0.717) is 17.7 Å². The number of hydrogen-bond acceptors (Lipinski definition) is 2. The smallest absolute Gasteiger partial charge is 0.115 e. The summed E-state index contributed by atoms with van der Waals surface area (Å²) in [5, 5.41) is 13.4. The van der Waals surface area contributed by atoms with Crippen LogP contribution in [-0.4, -0.2) is 17.7 Å². The van der Waals surface area contributed by atoms with Gasteiger partial charge in [0, 0.05) is 6.04 Å². The highest BCUT2D eigenvalue weighted by molar-refractivity contribution is 5.43. The molecule has 1 saturated heterocycles. The van der Waals surface area contributed by atoms with Crippen LogP contribution < -0.4 is 5.32 Å². The molecule has 2 atom stereocenters. The Morgan fingerprint density at radius 1 is 1.35 bits per heavy atom. The molecule has 0 spiro atoms. The number of phenols is 1. The van der Waals surface area contributed by atoms with E-state index in [9.17, 15) is 5.11 Å². The van der Waals surface area contributed by atoms with Gasteiger partial charge >= 0.3 is 0 Å². The summed E-state index contributed by atoms with van der Waals surface area (Å²) in [6.07, 6.45) is 3.70. The second-order valence-electron chi connectivity index (χ2n) is 6.08. The van der Waals surface area contributed by atoms with Gasteiger partial charge in [0.2, 0.25) is 0 Å². The van der Waals surface area contributed by atoms with Crippen molar-refractivity contribution in [3.8, 4) is 5.75 Å². The Bertz CT molecular complexity index is 439. The number of rotatable bonds is 0. The van der Waals surface area contributed by atoms with E-state index in [2.05, 4.69) is 25.2 Å². The first kappa shape index (κ1) is 11.1. The summed E-state index contributed by atoms with van der Waals surface area (Å²) in [6.45, 7) is 5.81. The lowest BCUT2D eigenvalue weighted by Crippen LogP contribution is -2.53. The van der Waals surface area contributed by atoms with Crippen LogP contribution in [0.25, 0.3) is 0 Å². The Morgan fingerprint density at radius 2 is 2.18 bits per heavy atom. The first-order valence-electron chi connectivity index (χ1n) is 6.65. The molecule has 1 fully saturated rings. The summed E-state index contributed by atoms with van der Waals surface area (Å²) in [7, 11) is 0. The summed E-state index contributed by atoms with van der Waals surface area (Å²) in [5.74, 6) is 1.10. The largest absolute Gasteiger partial charge is 0.508 e. The lowest BCUT2D eigenvalue weighted by atomic mass is 9.61. The molecule has 0 saturated carbocycles. The van der Waals surface area contributed by atoms with E-state index >= 15 is 0 Å². The van der Waals surface area contributed by atoms with Crippen LogP contribution in [0.4, 0.5) is 0 Å². The Labute approximate surface area is 103 Å². The highest BCUT2D eigenvalue weighted by Crippen LogP contribution is 2.45. The number of aromatic hydroxyl groups is 1. The molecule has 1 aromatic carbocycles. The number of benzene rings is 1. The van der Waals surface area contributed by atoms with E-state index in [-0.39, 0.29) is 5.41 Å². The molecule has 0 bridgehead atoms. The second kappa shape index (κ2) is 3.74. The van der Waals surface area contributed by atoms with Crippen LogP contribution in [0.5, 0.6) is 5.75 Å². The van der Waals surface area contributed by atoms with Crippen molar-refractivity contribution in [1.82, 2.24) is 5.32 Å².